The molecule has 0 unspecified atom stereocenters. The van der Waals surface area contributed by atoms with Crippen LogP contribution in [0.5, 0.6) is 5.75 Å². The highest BCUT2D eigenvalue weighted by Gasteiger charge is 1.95. The summed E-state index contributed by atoms with van der Waals surface area (Å²) >= 11 is 0. The van der Waals surface area contributed by atoms with Gasteiger partial charge in [-0.1, -0.05) is 42.5 Å². The van der Waals surface area contributed by atoms with Crippen molar-refractivity contribution in [2.75, 3.05) is 0 Å². The zero-order valence-corrected chi connectivity index (χ0v) is 7.68. The maximum Gasteiger partial charge on any atom is 0.374 e. The molecule has 1 nitrogen and oxygen atoms in total. The maximum absolute atomic E-state index is 5.04. The monoisotopic (exact) mass is 180 g/mol. The quantitative estimate of drug-likeness (QED) is 0.645. The molecule has 0 bridgehead atoms. The normalized spacial score (nSPS) is 9.71. The van der Waals surface area contributed by atoms with Gasteiger partial charge in [0.1, 0.15) is 0 Å². The van der Waals surface area contributed by atoms with Crippen LogP contribution >= 0.6 is 0 Å². The van der Waals surface area contributed by atoms with Crippen molar-refractivity contribution in [2.24, 2.45) is 0 Å². The first-order chi connectivity index (χ1) is 6.90. The summed E-state index contributed by atoms with van der Waals surface area (Å²) in [5, 5.41) is 0. The molecule has 0 aliphatic heterocycles. The van der Waals surface area contributed by atoms with Gasteiger partial charge in [0.05, 0.1) is 5.75 Å². The van der Waals surface area contributed by atoms with E-state index in [1.165, 1.54) is 5.56 Å². The largest absolute Gasteiger partial charge is 0.568 e. The zero-order valence-electron chi connectivity index (χ0n) is 7.68. The van der Waals surface area contributed by atoms with Gasteiger partial charge in [-0.05, 0) is 23.3 Å². The van der Waals surface area contributed by atoms with E-state index in [2.05, 4.69) is 16.8 Å². The first-order valence-corrected chi connectivity index (χ1v) is 4.42. The van der Waals surface area contributed by atoms with Gasteiger partial charge in [0.2, 0.25) is 0 Å². The third kappa shape index (κ3) is 1.79. The molecule has 66 valence electrons. The molecule has 0 N–H and O–H groups in total. The smallest absolute Gasteiger partial charge is 0.374 e. The van der Waals surface area contributed by atoms with Crippen molar-refractivity contribution < 1.29 is 4.65 Å². The molecule has 14 heavy (non-hydrogen) atoms. The van der Waals surface area contributed by atoms with E-state index in [0.29, 0.717) is 5.75 Å². The predicted octanol–water partition coefficient (Wildman–Crippen LogP) is 2.82. The molecule has 0 aliphatic carbocycles. The average molecular weight is 180 g/mol. The Kier molecular flexibility index (Phi) is 2.54. The van der Waals surface area contributed by atoms with Crippen LogP contribution in [-0.4, -0.2) is 8.05 Å². The van der Waals surface area contributed by atoms with E-state index < -0.39 is 0 Å². The maximum atomic E-state index is 5.04. The highest BCUT2D eigenvalue weighted by Crippen LogP contribution is 2.21. The molecule has 0 amide bonds. The minimum Gasteiger partial charge on any atom is -0.568 e. The molecule has 0 saturated carbocycles. The van der Waals surface area contributed by atoms with E-state index in [1.54, 1.807) is 0 Å². The third-order valence-electron chi connectivity index (χ3n) is 2.10. The SMILES string of the molecule is [B]Oc1ccc(-c2ccccc2)cc1. The van der Waals surface area contributed by atoms with Crippen LogP contribution in [0.25, 0.3) is 11.1 Å². The van der Waals surface area contributed by atoms with Gasteiger partial charge < -0.3 is 4.65 Å². The third-order valence-corrected chi connectivity index (χ3v) is 2.10. The van der Waals surface area contributed by atoms with Crippen LogP contribution in [0.4, 0.5) is 0 Å². The van der Waals surface area contributed by atoms with Crippen molar-refractivity contribution in [2.45, 2.75) is 0 Å². The second-order valence-corrected chi connectivity index (χ2v) is 3.01. The van der Waals surface area contributed by atoms with Crippen molar-refractivity contribution in [3.63, 3.8) is 0 Å². The first-order valence-electron chi connectivity index (χ1n) is 4.42. The summed E-state index contributed by atoms with van der Waals surface area (Å²) in [5.41, 5.74) is 2.35. The summed E-state index contributed by atoms with van der Waals surface area (Å²) < 4.78 is 4.61. The molecular formula is C12H9BO. The number of rotatable bonds is 2. The van der Waals surface area contributed by atoms with Crippen LogP contribution in [0.3, 0.4) is 0 Å². The van der Waals surface area contributed by atoms with E-state index in [0.717, 1.165) is 5.56 Å². The molecular weight excluding hydrogens is 171 g/mol. The standard InChI is InChI=1S/C12H9BO/c13-14-12-8-6-11(7-9-12)10-4-2-1-3-5-10/h1-9H. The zero-order chi connectivity index (χ0) is 9.80. The Balaban J connectivity index is 2.34. The average Bonchev–Trinajstić information content (AvgIpc) is 2.30. The fraction of sp³-hybridized carbons (Fsp3) is 0. The molecule has 0 saturated heterocycles. The van der Waals surface area contributed by atoms with E-state index in [4.69, 9.17) is 8.05 Å². The lowest BCUT2D eigenvalue weighted by Gasteiger charge is -2.03. The van der Waals surface area contributed by atoms with Crippen LogP contribution in [-0.2, 0) is 0 Å². The van der Waals surface area contributed by atoms with Crippen molar-refractivity contribution in [1.29, 1.82) is 0 Å². The first kappa shape index (κ1) is 8.88. The highest BCUT2D eigenvalue weighted by molar-refractivity contribution is 5.99. The molecule has 0 aliphatic rings. The Bertz CT molecular complexity index is 394. The van der Waals surface area contributed by atoms with E-state index >= 15 is 0 Å². The lowest BCUT2D eigenvalue weighted by Crippen LogP contribution is -1.84. The van der Waals surface area contributed by atoms with Gasteiger partial charge >= 0.3 is 8.05 Å². The van der Waals surface area contributed by atoms with E-state index in [9.17, 15) is 0 Å². The second kappa shape index (κ2) is 4.01. The van der Waals surface area contributed by atoms with Gasteiger partial charge in [0.15, 0.2) is 0 Å². The Morgan fingerprint density at radius 3 is 1.86 bits per heavy atom. The van der Waals surface area contributed by atoms with Crippen LogP contribution in [0.1, 0.15) is 0 Å². The molecule has 2 aromatic carbocycles. The number of benzene rings is 2. The fourth-order valence-electron chi connectivity index (χ4n) is 1.36. The van der Waals surface area contributed by atoms with Gasteiger partial charge in [0.25, 0.3) is 0 Å². The highest BCUT2D eigenvalue weighted by atomic mass is 16.4. The molecule has 2 rings (SSSR count). The van der Waals surface area contributed by atoms with Gasteiger partial charge in [0, 0.05) is 0 Å². The summed E-state index contributed by atoms with van der Waals surface area (Å²) in [6.07, 6.45) is 0. The number of hydrogen-bond acceptors (Lipinski definition) is 1. The minimum absolute atomic E-state index is 0.671. The van der Waals surface area contributed by atoms with Crippen molar-refractivity contribution in [1.82, 2.24) is 0 Å². The van der Waals surface area contributed by atoms with Gasteiger partial charge in [-0.25, -0.2) is 0 Å². The second-order valence-electron chi connectivity index (χ2n) is 3.01. The Morgan fingerprint density at radius 2 is 1.29 bits per heavy atom. The van der Waals surface area contributed by atoms with E-state index in [-0.39, 0.29) is 0 Å². The predicted molar refractivity (Wildman–Crippen MR) is 58.3 cm³/mol. The number of hydrogen-bond donors (Lipinski definition) is 0. The molecule has 0 atom stereocenters. The Labute approximate surface area is 84.8 Å². The summed E-state index contributed by atoms with van der Waals surface area (Å²) in [6.45, 7) is 0. The molecule has 2 aromatic rings. The van der Waals surface area contributed by atoms with Crippen molar-refractivity contribution in [3.8, 4) is 16.9 Å². The van der Waals surface area contributed by atoms with Crippen LogP contribution in [0.15, 0.2) is 54.6 Å². The molecule has 2 heteroatoms. The summed E-state index contributed by atoms with van der Waals surface area (Å²) in [7, 11) is 5.04. The fourth-order valence-corrected chi connectivity index (χ4v) is 1.36. The van der Waals surface area contributed by atoms with Gasteiger partial charge in [-0.15, -0.1) is 0 Å². The molecule has 0 fully saturated rings. The van der Waals surface area contributed by atoms with Crippen molar-refractivity contribution >= 4 is 8.05 Å². The topological polar surface area (TPSA) is 9.23 Å². The summed E-state index contributed by atoms with van der Waals surface area (Å²) in [4.78, 5) is 0. The van der Waals surface area contributed by atoms with Gasteiger partial charge in [-0.2, -0.15) is 0 Å². The lowest BCUT2D eigenvalue weighted by molar-refractivity contribution is 0.616. The molecule has 0 aromatic heterocycles. The van der Waals surface area contributed by atoms with Crippen LogP contribution < -0.4 is 4.65 Å². The van der Waals surface area contributed by atoms with E-state index in [1.807, 2.05) is 42.5 Å². The Morgan fingerprint density at radius 1 is 0.714 bits per heavy atom. The molecule has 0 spiro atoms. The van der Waals surface area contributed by atoms with Crippen LogP contribution in [0, 0.1) is 0 Å². The van der Waals surface area contributed by atoms with Crippen LogP contribution in [0.2, 0.25) is 0 Å². The summed E-state index contributed by atoms with van der Waals surface area (Å²) in [6, 6.07) is 17.8. The Hall–Kier alpha value is -1.70. The molecule has 0 heterocycles. The molecule has 2 radical (unpaired) electrons. The minimum atomic E-state index is 0.671. The van der Waals surface area contributed by atoms with Gasteiger partial charge in [-0.3, -0.25) is 0 Å². The lowest BCUT2D eigenvalue weighted by atomic mass is 10.1. The summed E-state index contributed by atoms with van der Waals surface area (Å²) in [5.74, 6) is 0.671. The van der Waals surface area contributed by atoms with Crippen molar-refractivity contribution in [3.05, 3.63) is 54.6 Å².